The van der Waals surface area contributed by atoms with Crippen LogP contribution in [-0.2, 0) is 4.74 Å². The summed E-state index contributed by atoms with van der Waals surface area (Å²) < 4.78 is 11.6. The van der Waals surface area contributed by atoms with Crippen LogP contribution in [0.5, 0.6) is 5.88 Å². The molecule has 0 spiro atoms. The first-order valence-electron chi connectivity index (χ1n) is 7.33. The maximum atomic E-state index is 6.15. The molecule has 0 saturated carbocycles. The maximum Gasteiger partial charge on any atom is 0.217 e. The summed E-state index contributed by atoms with van der Waals surface area (Å²) in [4.78, 5) is 4.46. The van der Waals surface area contributed by atoms with E-state index in [0.29, 0.717) is 12.0 Å². The highest BCUT2D eigenvalue weighted by Gasteiger charge is 2.22. The molecule has 2 aliphatic heterocycles. The summed E-state index contributed by atoms with van der Waals surface area (Å²) in [5.74, 6) is 1.39. The van der Waals surface area contributed by atoms with Crippen molar-refractivity contribution in [3.63, 3.8) is 0 Å². The third-order valence-corrected chi connectivity index (χ3v) is 4.03. The monoisotopic (exact) mass is 298 g/mol. The highest BCUT2D eigenvalue weighted by Crippen LogP contribution is 2.33. The van der Waals surface area contributed by atoms with Gasteiger partial charge in [0, 0.05) is 25.0 Å². The second kappa shape index (κ2) is 7.81. The Bertz CT molecular complexity index is 405. The Morgan fingerprint density at radius 1 is 1.15 bits per heavy atom. The number of ether oxygens (including phenoxy) is 2. The third-order valence-electron chi connectivity index (χ3n) is 4.03. The van der Waals surface area contributed by atoms with E-state index in [0.717, 1.165) is 57.9 Å². The van der Waals surface area contributed by atoms with E-state index < -0.39 is 0 Å². The van der Waals surface area contributed by atoms with Gasteiger partial charge in [-0.3, -0.25) is 0 Å². The van der Waals surface area contributed by atoms with Gasteiger partial charge in [0.05, 0.1) is 0 Å². The predicted molar refractivity (Wildman–Crippen MR) is 80.8 cm³/mol. The van der Waals surface area contributed by atoms with Crippen LogP contribution in [0.3, 0.4) is 0 Å². The van der Waals surface area contributed by atoms with Crippen molar-refractivity contribution in [2.75, 3.05) is 26.3 Å². The molecule has 3 rings (SSSR count). The van der Waals surface area contributed by atoms with Gasteiger partial charge in [0.15, 0.2) is 0 Å². The molecule has 0 aliphatic carbocycles. The number of aromatic nitrogens is 1. The minimum absolute atomic E-state index is 0. The third kappa shape index (κ3) is 3.84. The molecule has 112 valence electrons. The molecule has 0 radical (unpaired) electrons. The van der Waals surface area contributed by atoms with Gasteiger partial charge in [-0.05, 0) is 50.8 Å². The first-order chi connectivity index (χ1) is 9.43. The Hall–Kier alpha value is -0.840. The van der Waals surface area contributed by atoms with E-state index >= 15 is 0 Å². The van der Waals surface area contributed by atoms with Crippen molar-refractivity contribution in [2.24, 2.45) is 0 Å². The first kappa shape index (κ1) is 15.5. The molecule has 0 unspecified atom stereocenters. The zero-order valence-corrected chi connectivity index (χ0v) is 12.5. The van der Waals surface area contributed by atoms with Gasteiger partial charge in [0.2, 0.25) is 5.88 Å². The van der Waals surface area contributed by atoms with Crippen LogP contribution in [0.25, 0.3) is 0 Å². The molecule has 0 atom stereocenters. The van der Waals surface area contributed by atoms with Gasteiger partial charge in [0.25, 0.3) is 0 Å². The number of nitrogens with one attached hydrogen (secondary N) is 1. The van der Waals surface area contributed by atoms with E-state index in [-0.39, 0.29) is 12.4 Å². The molecule has 1 N–H and O–H groups in total. The van der Waals surface area contributed by atoms with Gasteiger partial charge in [-0.25, -0.2) is 4.98 Å². The zero-order valence-electron chi connectivity index (χ0n) is 11.7. The van der Waals surface area contributed by atoms with Crippen LogP contribution in [0, 0.1) is 0 Å². The topological polar surface area (TPSA) is 43.4 Å². The molecule has 2 fully saturated rings. The highest BCUT2D eigenvalue weighted by molar-refractivity contribution is 5.85. The molecule has 20 heavy (non-hydrogen) atoms. The van der Waals surface area contributed by atoms with Crippen LogP contribution in [-0.4, -0.2) is 37.4 Å². The molecule has 0 bridgehead atoms. The summed E-state index contributed by atoms with van der Waals surface area (Å²) in [6.07, 6.45) is 6.45. The average molecular weight is 299 g/mol. The van der Waals surface area contributed by atoms with Crippen LogP contribution in [0.1, 0.15) is 37.2 Å². The smallest absolute Gasteiger partial charge is 0.217 e. The largest absolute Gasteiger partial charge is 0.474 e. The number of pyridine rings is 1. The van der Waals surface area contributed by atoms with E-state index in [1.54, 1.807) is 0 Å². The number of piperidine rings is 1. The number of hydrogen-bond acceptors (Lipinski definition) is 4. The fraction of sp³-hybridized carbons (Fsp3) is 0.667. The molecule has 1 aromatic heterocycles. The van der Waals surface area contributed by atoms with Crippen LogP contribution in [0.15, 0.2) is 18.3 Å². The quantitative estimate of drug-likeness (QED) is 0.931. The van der Waals surface area contributed by atoms with Crippen LogP contribution >= 0.6 is 12.4 Å². The summed E-state index contributed by atoms with van der Waals surface area (Å²) in [5.41, 5.74) is 1.27. The minimum atomic E-state index is 0. The molecule has 3 heterocycles. The van der Waals surface area contributed by atoms with E-state index in [1.807, 2.05) is 12.3 Å². The minimum Gasteiger partial charge on any atom is -0.474 e. The molecule has 2 saturated heterocycles. The second-order valence-electron chi connectivity index (χ2n) is 5.35. The van der Waals surface area contributed by atoms with Crippen molar-refractivity contribution in [1.82, 2.24) is 10.3 Å². The Balaban J connectivity index is 0.00000147. The standard InChI is InChI=1S/C15H22N2O2.ClH/c1-2-14(12-5-10-18-11-6-12)15(17-7-1)19-13-3-8-16-9-4-13;/h1-2,7,12-13,16H,3-6,8-11H2;1H. The molecular weight excluding hydrogens is 276 g/mol. The summed E-state index contributed by atoms with van der Waals surface area (Å²) in [7, 11) is 0. The normalized spacial score (nSPS) is 21.2. The predicted octanol–water partition coefficient (Wildman–Crippen LogP) is 2.53. The molecule has 5 heteroatoms. The van der Waals surface area contributed by atoms with E-state index in [2.05, 4.69) is 16.4 Å². The highest BCUT2D eigenvalue weighted by atomic mass is 35.5. The molecule has 0 amide bonds. The molecule has 2 aliphatic rings. The SMILES string of the molecule is Cl.c1cnc(OC2CCNCC2)c(C2CCOCC2)c1. The van der Waals surface area contributed by atoms with Crippen molar-refractivity contribution in [1.29, 1.82) is 0 Å². The fourth-order valence-corrected chi connectivity index (χ4v) is 2.89. The summed E-state index contributed by atoms with van der Waals surface area (Å²) in [6, 6.07) is 4.18. The van der Waals surface area contributed by atoms with E-state index in [1.165, 1.54) is 5.56 Å². The first-order valence-corrected chi connectivity index (χ1v) is 7.33. The van der Waals surface area contributed by atoms with Gasteiger partial charge in [-0.1, -0.05) is 6.07 Å². The zero-order chi connectivity index (χ0) is 12.9. The van der Waals surface area contributed by atoms with Crippen molar-refractivity contribution < 1.29 is 9.47 Å². The van der Waals surface area contributed by atoms with Crippen molar-refractivity contribution in [3.8, 4) is 5.88 Å². The number of halogens is 1. The number of rotatable bonds is 3. The Morgan fingerprint density at radius 3 is 2.65 bits per heavy atom. The summed E-state index contributed by atoms with van der Waals surface area (Å²) in [6.45, 7) is 3.80. The Morgan fingerprint density at radius 2 is 1.90 bits per heavy atom. The molecular formula is C15H23ClN2O2. The van der Waals surface area contributed by atoms with E-state index in [9.17, 15) is 0 Å². The van der Waals surface area contributed by atoms with Crippen molar-refractivity contribution >= 4 is 12.4 Å². The lowest BCUT2D eigenvalue weighted by Gasteiger charge is -2.27. The number of hydrogen-bond donors (Lipinski definition) is 1. The summed E-state index contributed by atoms with van der Waals surface area (Å²) in [5, 5.41) is 3.36. The molecule has 1 aromatic rings. The van der Waals surface area contributed by atoms with Gasteiger partial charge < -0.3 is 14.8 Å². The van der Waals surface area contributed by atoms with Crippen molar-refractivity contribution in [3.05, 3.63) is 23.9 Å². The van der Waals surface area contributed by atoms with Crippen LogP contribution < -0.4 is 10.1 Å². The van der Waals surface area contributed by atoms with Gasteiger partial charge >= 0.3 is 0 Å². The van der Waals surface area contributed by atoms with Gasteiger partial charge in [-0.15, -0.1) is 12.4 Å². The second-order valence-corrected chi connectivity index (χ2v) is 5.35. The van der Waals surface area contributed by atoms with Crippen LogP contribution in [0.4, 0.5) is 0 Å². The maximum absolute atomic E-state index is 6.15. The molecule has 4 nitrogen and oxygen atoms in total. The van der Waals surface area contributed by atoms with Crippen molar-refractivity contribution in [2.45, 2.75) is 37.7 Å². The Labute approximate surface area is 126 Å². The summed E-state index contributed by atoms with van der Waals surface area (Å²) >= 11 is 0. The van der Waals surface area contributed by atoms with Gasteiger partial charge in [0.1, 0.15) is 6.10 Å². The Kier molecular flexibility index (Phi) is 6.07. The van der Waals surface area contributed by atoms with Crippen LogP contribution in [0.2, 0.25) is 0 Å². The number of nitrogens with zero attached hydrogens (tertiary/aromatic N) is 1. The lowest BCUT2D eigenvalue weighted by Crippen LogP contribution is -2.34. The van der Waals surface area contributed by atoms with Gasteiger partial charge in [-0.2, -0.15) is 0 Å². The van der Waals surface area contributed by atoms with E-state index in [4.69, 9.17) is 9.47 Å². The molecule has 0 aromatic carbocycles. The average Bonchev–Trinajstić information content (AvgIpc) is 2.50. The lowest BCUT2D eigenvalue weighted by atomic mass is 9.92. The lowest BCUT2D eigenvalue weighted by molar-refractivity contribution is 0.0832. The fourth-order valence-electron chi connectivity index (χ4n) is 2.89.